The van der Waals surface area contributed by atoms with E-state index in [1.165, 1.54) is 54.0 Å². The van der Waals surface area contributed by atoms with Gasteiger partial charge in [-0.05, 0) is 110 Å². The molecule has 6 aliphatic rings. The van der Waals surface area contributed by atoms with Crippen LogP contribution in [0.25, 0.3) is 10.8 Å². The van der Waals surface area contributed by atoms with Crippen LogP contribution in [0.3, 0.4) is 0 Å². The fourth-order valence-corrected chi connectivity index (χ4v) is 9.38. The number of allylic oxidation sites excluding steroid dienone is 1. The van der Waals surface area contributed by atoms with Gasteiger partial charge in [0.25, 0.3) is 0 Å². The summed E-state index contributed by atoms with van der Waals surface area (Å²) in [5.41, 5.74) is 4.83. The predicted octanol–water partition coefficient (Wildman–Crippen LogP) is 6.22. The SMILES string of the molecule is CC1(NC2CCC3=CC4=CC[C@]5(C)[C@@H](c6ccc7ccncc7c6)CC[C@H]5[C@@]45CC[C@]3(C2)O5)COC1. The molecule has 1 aromatic carbocycles. The number of hydrogen-bond acceptors (Lipinski definition) is 4. The molecule has 2 bridgehead atoms. The monoisotopic (exact) mass is 482 g/mol. The Morgan fingerprint density at radius 1 is 1.03 bits per heavy atom. The van der Waals surface area contributed by atoms with Crippen LogP contribution >= 0.6 is 0 Å². The van der Waals surface area contributed by atoms with Crippen LogP contribution in [0.2, 0.25) is 0 Å². The molecule has 6 atom stereocenters. The molecule has 1 N–H and O–H groups in total. The van der Waals surface area contributed by atoms with Crippen molar-refractivity contribution < 1.29 is 9.47 Å². The Bertz CT molecular complexity index is 1310. The molecule has 4 fully saturated rings. The molecule has 4 nitrogen and oxygen atoms in total. The summed E-state index contributed by atoms with van der Waals surface area (Å²) in [5, 5.41) is 6.50. The zero-order valence-electron chi connectivity index (χ0n) is 21.7. The van der Waals surface area contributed by atoms with Crippen molar-refractivity contribution in [3.63, 3.8) is 0 Å². The highest BCUT2D eigenvalue weighted by Gasteiger charge is 2.66. The highest BCUT2D eigenvalue weighted by Crippen LogP contribution is 2.69. The molecule has 1 aromatic heterocycles. The Morgan fingerprint density at radius 2 is 1.94 bits per heavy atom. The number of nitrogens with zero attached hydrogens (tertiary/aromatic N) is 1. The van der Waals surface area contributed by atoms with Crippen molar-refractivity contribution in [3.05, 3.63) is 65.5 Å². The summed E-state index contributed by atoms with van der Waals surface area (Å²) < 4.78 is 13.0. The summed E-state index contributed by atoms with van der Waals surface area (Å²) in [6, 6.07) is 9.74. The van der Waals surface area contributed by atoms with Crippen LogP contribution in [-0.4, -0.2) is 41.0 Å². The van der Waals surface area contributed by atoms with Crippen molar-refractivity contribution in [1.82, 2.24) is 10.3 Å². The van der Waals surface area contributed by atoms with Gasteiger partial charge in [0.1, 0.15) is 0 Å². The maximum Gasteiger partial charge on any atom is 0.0974 e. The standard InChI is InChI=1S/C32H38N2O2/c1-29(19-35-20-29)34-26-6-5-24-16-25-9-11-30(2)27(22-4-3-21-10-14-33-18-23(21)15-22)7-8-28(30)32(25)13-12-31(24,17-26)36-32/h3-4,9-10,14-16,18,26-28,34H,5-8,11-13,17,19-20H2,1-2H3/t26?,27-,28-,30-,31-,32-/m1/s1. The second-order valence-electron chi connectivity index (χ2n) is 13.3. The maximum absolute atomic E-state index is 7.49. The van der Waals surface area contributed by atoms with Gasteiger partial charge in [-0.3, -0.25) is 4.98 Å². The minimum absolute atomic E-state index is 0.0564. The van der Waals surface area contributed by atoms with Crippen LogP contribution < -0.4 is 5.32 Å². The summed E-state index contributed by atoms with van der Waals surface area (Å²) >= 11 is 0. The van der Waals surface area contributed by atoms with E-state index in [2.05, 4.69) is 60.6 Å². The molecule has 2 spiro atoms. The quantitative estimate of drug-likeness (QED) is 0.564. The van der Waals surface area contributed by atoms with Crippen molar-refractivity contribution in [2.45, 2.75) is 93.9 Å². The Balaban J connectivity index is 1.13. The number of rotatable bonds is 3. The van der Waals surface area contributed by atoms with E-state index in [1.54, 1.807) is 5.57 Å². The summed E-state index contributed by atoms with van der Waals surface area (Å²) in [6.45, 7) is 6.56. The first kappa shape index (κ1) is 22.0. The zero-order chi connectivity index (χ0) is 24.2. The fourth-order valence-electron chi connectivity index (χ4n) is 9.38. The van der Waals surface area contributed by atoms with Gasteiger partial charge in [0.05, 0.1) is 30.0 Å². The molecule has 188 valence electrons. The number of aromatic nitrogens is 1. The van der Waals surface area contributed by atoms with Gasteiger partial charge in [0.2, 0.25) is 0 Å². The molecule has 1 unspecified atom stereocenters. The highest BCUT2D eigenvalue weighted by molar-refractivity contribution is 5.82. The number of ether oxygens (including phenoxy) is 2. The maximum atomic E-state index is 7.49. The lowest BCUT2D eigenvalue weighted by atomic mass is 9.58. The lowest BCUT2D eigenvalue weighted by molar-refractivity contribution is -0.140. The van der Waals surface area contributed by atoms with Crippen LogP contribution in [-0.2, 0) is 9.47 Å². The molecule has 36 heavy (non-hydrogen) atoms. The van der Waals surface area contributed by atoms with E-state index >= 15 is 0 Å². The summed E-state index contributed by atoms with van der Waals surface area (Å²) in [5.74, 6) is 1.16. The summed E-state index contributed by atoms with van der Waals surface area (Å²) in [4.78, 5) is 4.39. The Labute approximate surface area is 214 Å². The third kappa shape index (κ3) is 2.90. The van der Waals surface area contributed by atoms with Crippen LogP contribution in [0.15, 0.2) is 60.0 Å². The first-order valence-corrected chi connectivity index (χ1v) is 14.2. The van der Waals surface area contributed by atoms with Crippen molar-refractivity contribution >= 4 is 10.8 Å². The van der Waals surface area contributed by atoms with Crippen molar-refractivity contribution in [3.8, 4) is 0 Å². The topological polar surface area (TPSA) is 43.4 Å². The largest absolute Gasteiger partial charge is 0.377 e. The van der Waals surface area contributed by atoms with E-state index < -0.39 is 0 Å². The molecular formula is C32H38N2O2. The third-order valence-electron chi connectivity index (χ3n) is 11.1. The van der Waals surface area contributed by atoms with E-state index in [4.69, 9.17) is 9.47 Å². The second kappa shape index (κ2) is 7.30. The van der Waals surface area contributed by atoms with Gasteiger partial charge in [-0.25, -0.2) is 0 Å². The van der Waals surface area contributed by atoms with Gasteiger partial charge in [0, 0.05) is 23.8 Å². The molecule has 4 heterocycles. The van der Waals surface area contributed by atoms with Gasteiger partial charge < -0.3 is 14.8 Å². The molecule has 8 rings (SSSR count). The van der Waals surface area contributed by atoms with Crippen LogP contribution in [0.4, 0.5) is 0 Å². The van der Waals surface area contributed by atoms with Gasteiger partial charge in [0.15, 0.2) is 0 Å². The van der Waals surface area contributed by atoms with Crippen molar-refractivity contribution in [2.75, 3.05) is 13.2 Å². The fraction of sp³-hybridized carbons (Fsp3) is 0.594. The number of nitrogens with one attached hydrogen (secondary N) is 1. The van der Waals surface area contributed by atoms with E-state index in [0.717, 1.165) is 32.5 Å². The number of pyridine rings is 1. The summed E-state index contributed by atoms with van der Waals surface area (Å²) in [6.07, 6.45) is 18.6. The molecule has 2 aromatic rings. The van der Waals surface area contributed by atoms with Gasteiger partial charge in [-0.15, -0.1) is 0 Å². The van der Waals surface area contributed by atoms with E-state index in [0.29, 0.717) is 17.9 Å². The van der Waals surface area contributed by atoms with Gasteiger partial charge >= 0.3 is 0 Å². The number of fused-ring (bicyclic) bond motifs is 2. The van der Waals surface area contributed by atoms with E-state index in [-0.39, 0.29) is 22.2 Å². The van der Waals surface area contributed by atoms with E-state index in [1.807, 2.05) is 12.4 Å². The lowest BCUT2D eigenvalue weighted by Crippen LogP contribution is -2.63. The molecule has 3 aliphatic carbocycles. The van der Waals surface area contributed by atoms with Crippen LogP contribution in [0, 0.1) is 11.3 Å². The van der Waals surface area contributed by atoms with Crippen molar-refractivity contribution in [1.29, 1.82) is 0 Å². The lowest BCUT2D eigenvalue weighted by Gasteiger charge is -2.55. The number of hydrogen-bond donors (Lipinski definition) is 1. The molecule has 0 radical (unpaired) electrons. The molecule has 3 aliphatic heterocycles. The second-order valence-corrected chi connectivity index (χ2v) is 13.3. The van der Waals surface area contributed by atoms with Gasteiger partial charge in [-0.2, -0.15) is 0 Å². The minimum Gasteiger partial charge on any atom is -0.377 e. The highest BCUT2D eigenvalue weighted by atomic mass is 16.5. The van der Waals surface area contributed by atoms with Gasteiger partial charge in [-0.1, -0.05) is 31.2 Å². The zero-order valence-corrected chi connectivity index (χ0v) is 21.7. The normalized spacial score (nSPS) is 42.1. The Kier molecular flexibility index (Phi) is 4.47. The Morgan fingerprint density at radius 3 is 2.81 bits per heavy atom. The van der Waals surface area contributed by atoms with E-state index in [9.17, 15) is 0 Å². The summed E-state index contributed by atoms with van der Waals surface area (Å²) in [7, 11) is 0. The molecular weight excluding hydrogens is 444 g/mol. The molecule has 2 saturated heterocycles. The van der Waals surface area contributed by atoms with Crippen molar-refractivity contribution in [2.24, 2.45) is 11.3 Å². The predicted molar refractivity (Wildman–Crippen MR) is 142 cm³/mol. The first-order chi connectivity index (χ1) is 17.4. The first-order valence-electron chi connectivity index (χ1n) is 14.2. The van der Waals surface area contributed by atoms with Crippen LogP contribution in [0.5, 0.6) is 0 Å². The Hall–Kier alpha value is -2.01. The average Bonchev–Trinajstić information content (AvgIpc) is 3.38. The number of benzene rings is 1. The van der Waals surface area contributed by atoms with Crippen LogP contribution in [0.1, 0.15) is 76.7 Å². The minimum atomic E-state index is -0.0883. The molecule has 0 amide bonds. The molecule has 4 heteroatoms. The molecule has 2 saturated carbocycles. The average molecular weight is 483 g/mol. The third-order valence-corrected chi connectivity index (χ3v) is 11.1. The smallest absolute Gasteiger partial charge is 0.0974 e.